The van der Waals surface area contributed by atoms with Gasteiger partial charge in [0.15, 0.2) is 5.78 Å². The molecule has 0 aliphatic heterocycles. The number of benzene rings is 2. The fraction of sp³-hybridized carbons (Fsp3) is 0.0667. The number of nitrogens with zero attached hydrogens (tertiary/aromatic N) is 1. The molecule has 1 unspecified atom stereocenters. The zero-order valence-corrected chi connectivity index (χ0v) is 13.2. The van der Waals surface area contributed by atoms with Gasteiger partial charge in [0.2, 0.25) is 0 Å². The van der Waals surface area contributed by atoms with Gasteiger partial charge in [-0.15, -0.1) is 0 Å². The molecule has 0 heterocycles. The van der Waals surface area contributed by atoms with Crippen molar-refractivity contribution < 1.29 is 4.79 Å². The van der Waals surface area contributed by atoms with Gasteiger partial charge in [-0.3, -0.25) is 4.79 Å². The third-order valence-corrected chi connectivity index (χ3v) is 4.27. The average molecular weight is 369 g/mol. The van der Waals surface area contributed by atoms with Crippen LogP contribution in [-0.4, -0.2) is 5.78 Å². The zero-order valence-electron chi connectivity index (χ0n) is 10.1. The van der Waals surface area contributed by atoms with Crippen molar-refractivity contribution in [2.45, 2.75) is 5.92 Å². The van der Waals surface area contributed by atoms with E-state index in [9.17, 15) is 10.1 Å². The van der Waals surface area contributed by atoms with Gasteiger partial charge in [-0.2, -0.15) is 5.26 Å². The molecular weight excluding hydrogens is 361 g/mol. The monoisotopic (exact) mass is 367 g/mol. The Morgan fingerprint density at radius 1 is 1.15 bits per heavy atom. The van der Waals surface area contributed by atoms with Gasteiger partial charge >= 0.3 is 0 Å². The molecule has 0 bridgehead atoms. The summed E-state index contributed by atoms with van der Waals surface area (Å²) in [6.07, 6.45) is 0. The number of carbonyl (C=O) groups is 1. The van der Waals surface area contributed by atoms with E-state index in [2.05, 4.69) is 15.9 Å². The number of nitriles is 1. The molecule has 0 saturated heterocycles. The fourth-order valence-corrected chi connectivity index (χ4v) is 2.61. The molecule has 0 spiro atoms. The standard InChI is InChI=1S/C15H8BrCl2NO/c16-12-4-2-1-3-10(12)11(8-19)15(20)9-5-6-13(17)14(18)7-9/h1-7,11H. The summed E-state index contributed by atoms with van der Waals surface area (Å²) in [5.41, 5.74) is 0.993. The van der Waals surface area contributed by atoms with Crippen molar-refractivity contribution in [3.8, 4) is 6.07 Å². The van der Waals surface area contributed by atoms with Gasteiger partial charge in [0, 0.05) is 10.0 Å². The molecule has 0 aromatic heterocycles. The van der Waals surface area contributed by atoms with E-state index < -0.39 is 5.92 Å². The molecule has 0 aliphatic rings. The first-order valence-corrected chi connectivity index (χ1v) is 7.23. The van der Waals surface area contributed by atoms with Crippen LogP contribution in [-0.2, 0) is 0 Å². The molecule has 100 valence electrons. The number of ketones is 1. The first-order chi connectivity index (χ1) is 9.54. The number of rotatable bonds is 3. The van der Waals surface area contributed by atoms with E-state index >= 15 is 0 Å². The Morgan fingerprint density at radius 2 is 1.85 bits per heavy atom. The molecule has 0 N–H and O–H groups in total. The molecule has 2 aromatic carbocycles. The normalized spacial score (nSPS) is 11.7. The lowest BCUT2D eigenvalue weighted by Crippen LogP contribution is -2.11. The number of carbonyl (C=O) groups excluding carboxylic acids is 1. The van der Waals surface area contributed by atoms with E-state index in [0.29, 0.717) is 21.2 Å². The summed E-state index contributed by atoms with van der Waals surface area (Å²) in [6, 6.07) is 13.8. The highest BCUT2D eigenvalue weighted by atomic mass is 79.9. The third kappa shape index (κ3) is 3.04. The van der Waals surface area contributed by atoms with Crippen molar-refractivity contribution in [2.24, 2.45) is 0 Å². The van der Waals surface area contributed by atoms with Crippen LogP contribution in [0.15, 0.2) is 46.9 Å². The highest BCUT2D eigenvalue weighted by molar-refractivity contribution is 9.10. The number of Topliss-reactive ketones (excluding diaryl/α,β-unsaturated/α-hetero) is 1. The minimum Gasteiger partial charge on any atom is -0.292 e. The van der Waals surface area contributed by atoms with Crippen molar-refractivity contribution in [3.05, 3.63) is 68.1 Å². The van der Waals surface area contributed by atoms with Crippen molar-refractivity contribution in [1.29, 1.82) is 5.26 Å². The van der Waals surface area contributed by atoms with Gasteiger partial charge in [0.05, 0.1) is 16.1 Å². The van der Waals surface area contributed by atoms with E-state index in [4.69, 9.17) is 23.2 Å². The van der Waals surface area contributed by atoms with Crippen LogP contribution in [0.25, 0.3) is 0 Å². The lowest BCUT2D eigenvalue weighted by Gasteiger charge is -2.11. The van der Waals surface area contributed by atoms with Crippen LogP contribution >= 0.6 is 39.1 Å². The molecular formula is C15H8BrCl2NO. The van der Waals surface area contributed by atoms with E-state index in [0.717, 1.165) is 4.47 Å². The smallest absolute Gasteiger partial charge is 0.184 e. The summed E-state index contributed by atoms with van der Waals surface area (Å²) < 4.78 is 0.722. The molecule has 0 amide bonds. The zero-order chi connectivity index (χ0) is 14.7. The van der Waals surface area contributed by atoms with Gasteiger partial charge in [0.25, 0.3) is 0 Å². The molecule has 2 rings (SSSR count). The Labute approximate surface area is 135 Å². The lowest BCUT2D eigenvalue weighted by atomic mass is 9.92. The molecule has 2 aromatic rings. The Hall–Kier alpha value is -1.34. The molecule has 5 heteroatoms. The summed E-state index contributed by atoms with van der Waals surface area (Å²) in [6.45, 7) is 0. The summed E-state index contributed by atoms with van der Waals surface area (Å²) in [4.78, 5) is 12.4. The second-order valence-corrected chi connectivity index (χ2v) is 5.75. The van der Waals surface area contributed by atoms with Crippen LogP contribution in [0.3, 0.4) is 0 Å². The molecule has 0 aliphatic carbocycles. The molecule has 0 radical (unpaired) electrons. The number of halogens is 3. The van der Waals surface area contributed by atoms with Crippen LogP contribution < -0.4 is 0 Å². The predicted octanol–water partition coefficient (Wildman–Crippen LogP) is 5.25. The van der Waals surface area contributed by atoms with Crippen LogP contribution in [0, 0.1) is 11.3 Å². The summed E-state index contributed by atoms with van der Waals surface area (Å²) in [7, 11) is 0. The molecule has 2 nitrogen and oxygen atoms in total. The minimum atomic E-state index is -0.886. The van der Waals surface area contributed by atoms with Crippen LogP contribution in [0.1, 0.15) is 21.8 Å². The van der Waals surface area contributed by atoms with E-state index in [1.54, 1.807) is 30.3 Å². The van der Waals surface area contributed by atoms with Crippen molar-refractivity contribution >= 4 is 44.9 Å². The maximum Gasteiger partial charge on any atom is 0.184 e. The second-order valence-electron chi connectivity index (χ2n) is 4.08. The van der Waals surface area contributed by atoms with E-state index in [-0.39, 0.29) is 5.78 Å². The highest BCUT2D eigenvalue weighted by Crippen LogP contribution is 2.29. The van der Waals surface area contributed by atoms with Gasteiger partial charge in [-0.1, -0.05) is 57.3 Å². The van der Waals surface area contributed by atoms with E-state index in [1.807, 2.05) is 12.1 Å². The SMILES string of the molecule is N#CC(C(=O)c1ccc(Cl)c(Cl)c1)c1ccccc1Br. The summed E-state index contributed by atoms with van der Waals surface area (Å²) in [5.74, 6) is -1.19. The van der Waals surface area contributed by atoms with Crippen molar-refractivity contribution in [1.82, 2.24) is 0 Å². The van der Waals surface area contributed by atoms with Crippen molar-refractivity contribution in [3.63, 3.8) is 0 Å². The maximum absolute atomic E-state index is 12.4. The van der Waals surface area contributed by atoms with Gasteiger partial charge in [0.1, 0.15) is 5.92 Å². The average Bonchev–Trinajstić information content (AvgIpc) is 2.44. The highest BCUT2D eigenvalue weighted by Gasteiger charge is 2.24. The van der Waals surface area contributed by atoms with Crippen LogP contribution in [0.2, 0.25) is 10.0 Å². The van der Waals surface area contributed by atoms with E-state index in [1.165, 1.54) is 6.07 Å². The number of hydrogen-bond acceptors (Lipinski definition) is 2. The molecule has 0 saturated carbocycles. The lowest BCUT2D eigenvalue weighted by molar-refractivity contribution is 0.0978. The third-order valence-electron chi connectivity index (χ3n) is 2.81. The Kier molecular flexibility index (Phi) is 4.82. The summed E-state index contributed by atoms with van der Waals surface area (Å²) >= 11 is 15.1. The number of hydrogen-bond donors (Lipinski definition) is 0. The molecule has 0 fully saturated rings. The van der Waals surface area contributed by atoms with Gasteiger partial charge < -0.3 is 0 Å². The van der Waals surface area contributed by atoms with Gasteiger partial charge in [-0.25, -0.2) is 0 Å². The first kappa shape index (κ1) is 15.1. The quantitative estimate of drug-likeness (QED) is 0.694. The molecule has 1 atom stereocenters. The van der Waals surface area contributed by atoms with Crippen molar-refractivity contribution in [2.75, 3.05) is 0 Å². The fourth-order valence-electron chi connectivity index (χ4n) is 1.79. The second kappa shape index (κ2) is 6.41. The Balaban J connectivity index is 2.42. The summed E-state index contributed by atoms with van der Waals surface area (Å²) in [5, 5.41) is 9.97. The predicted molar refractivity (Wildman–Crippen MR) is 83.3 cm³/mol. The van der Waals surface area contributed by atoms with Crippen LogP contribution in [0.5, 0.6) is 0 Å². The molecule has 20 heavy (non-hydrogen) atoms. The maximum atomic E-state index is 12.4. The minimum absolute atomic E-state index is 0.293. The Bertz CT molecular complexity index is 709. The Morgan fingerprint density at radius 3 is 2.45 bits per heavy atom. The first-order valence-electron chi connectivity index (χ1n) is 5.68. The largest absolute Gasteiger partial charge is 0.292 e. The topological polar surface area (TPSA) is 40.9 Å². The van der Waals surface area contributed by atoms with Crippen LogP contribution in [0.4, 0.5) is 0 Å². The van der Waals surface area contributed by atoms with Gasteiger partial charge in [-0.05, 0) is 29.8 Å².